The summed E-state index contributed by atoms with van der Waals surface area (Å²) in [5, 5.41) is 24.0. The summed E-state index contributed by atoms with van der Waals surface area (Å²) in [5.41, 5.74) is 3.72. The molecule has 0 aliphatic rings. The summed E-state index contributed by atoms with van der Waals surface area (Å²) in [6.45, 7) is 1.91. The molecule has 2 aromatic carbocycles. The number of nitrogens with one attached hydrogen (secondary N) is 1. The van der Waals surface area contributed by atoms with Gasteiger partial charge in [0.25, 0.3) is 11.6 Å². The minimum atomic E-state index is -0.582. The van der Waals surface area contributed by atoms with Gasteiger partial charge in [-0.1, -0.05) is 17.7 Å². The average molecular weight is 299 g/mol. The minimum Gasteiger partial charge on any atom is -0.507 e. The van der Waals surface area contributed by atoms with Gasteiger partial charge in [0.05, 0.1) is 11.1 Å². The van der Waals surface area contributed by atoms with Gasteiger partial charge in [0.15, 0.2) is 0 Å². The Hall–Kier alpha value is -3.22. The molecule has 0 unspecified atom stereocenters. The molecule has 2 aromatic rings. The summed E-state index contributed by atoms with van der Waals surface area (Å²) in [5.74, 6) is -0.583. The van der Waals surface area contributed by atoms with Crippen LogP contribution in [0.15, 0.2) is 47.6 Å². The van der Waals surface area contributed by atoms with Crippen molar-refractivity contribution < 1.29 is 14.8 Å². The number of non-ortho nitro benzene ring substituents is 1. The fourth-order valence-corrected chi connectivity index (χ4v) is 1.69. The molecule has 2 rings (SSSR count). The number of hydrogen-bond donors (Lipinski definition) is 2. The minimum absolute atomic E-state index is 0.137. The highest BCUT2D eigenvalue weighted by atomic mass is 16.6. The Balaban J connectivity index is 2.09. The number of hydrazone groups is 1. The molecule has 7 nitrogen and oxygen atoms in total. The standard InChI is InChI=1S/C15H13N3O4/c1-10-2-4-11(5-3-10)15(20)17-16-9-12-8-13(18(21)22)6-7-14(12)19/h2-9,19H,1H3,(H,17,20)/b16-9-. The van der Waals surface area contributed by atoms with Crippen LogP contribution in [0.1, 0.15) is 21.5 Å². The zero-order valence-corrected chi connectivity index (χ0v) is 11.7. The summed E-state index contributed by atoms with van der Waals surface area (Å²) in [6, 6.07) is 10.4. The van der Waals surface area contributed by atoms with Crippen molar-refractivity contribution in [2.45, 2.75) is 6.92 Å². The first-order chi connectivity index (χ1) is 10.5. The van der Waals surface area contributed by atoms with E-state index < -0.39 is 10.8 Å². The van der Waals surface area contributed by atoms with E-state index in [1.54, 1.807) is 24.3 Å². The van der Waals surface area contributed by atoms with Crippen LogP contribution in [0.3, 0.4) is 0 Å². The van der Waals surface area contributed by atoms with E-state index in [1.807, 2.05) is 6.92 Å². The van der Waals surface area contributed by atoms with E-state index in [4.69, 9.17) is 0 Å². The number of carbonyl (C=O) groups excluding carboxylic acids is 1. The topological polar surface area (TPSA) is 105 Å². The highest BCUT2D eigenvalue weighted by molar-refractivity contribution is 5.95. The Labute approximate surface area is 126 Å². The van der Waals surface area contributed by atoms with Crippen LogP contribution in [0, 0.1) is 17.0 Å². The molecular weight excluding hydrogens is 286 g/mol. The van der Waals surface area contributed by atoms with Gasteiger partial charge in [-0.05, 0) is 25.1 Å². The number of rotatable bonds is 4. The van der Waals surface area contributed by atoms with Gasteiger partial charge in [0.1, 0.15) is 5.75 Å². The van der Waals surface area contributed by atoms with Gasteiger partial charge in [-0.2, -0.15) is 5.10 Å². The summed E-state index contributed by atoms with van der Waals surface area (Å²) in [7, 11) is 0. The quantitative estimate of drug-likeness (QED) is 0.513. The maximum absolute atomic E-state index is 11.8. The molecule has 0 aliphatic carbocycles. The molecule has 112 valence electrons. The maximum Gasteiger partial charge on any atom is 0.271 e. The van der Waals surface area contributed by atoms with E-state index in [9.17, 15) is 20.0 Å². The van der Waals surface area contributed by atoms with Gasteiger partial charge < -0.3 is 5.11 Å². The first kappa shape index (κ1) is 15.2. The van der Waals surface area contributed by atoms with Crippen molar-refractivity contribution in [1.29, 1.82) is 0 Å². The Morgan fingerprint density at radius 2 is 1.95 bits per heavy atom. The number of benzene rings is 2. The molecule has 0 saturated heterocycles. The van der Waals surface area contributed by atoms with Gasteiger partial charge in [-0.15, -0.1) is 0 Å². The van der Waals surface area contributed by atoms with Crippen LogP contribution >= 0.6 is 0 Å². The smallest absolute Gasteiger partial charge is 0.271 e. The van der Waals surface area contributed by atoms with Crippen molar-refractivity contribution in [2.24, 2.45) is 5.10 Å². The lowest BCUT2D eigenvalue weighted by Crippen LogP contribution is -2.17. The summed E-state index contributed by atoms with van der Waals surface area (Å²) < 4.78 is 0. The number of nitro groups is 1. The van der Waals surface area contributed by atoms with E-state index >= 15 is 0 Å². The van der Waals surface area contributed by atoms with Gasteiger partial charge in [0, 0.05) is 23.3 Å². The van der Waals surface area contributed by atoms with E-state index in [0.717, 1.165) is 17.8 Å². The molecule has 22 heavy (non-hydrogen) atoms. The van der Waals surface area contributed by atoms with Crippen LogP contribution in [-0.4, -0.2) is 22.2 Å². The lowest BCUT2D eigenvalue weighted by molar-refractivity contribution is -0.384. The number of phenols is 1. The van der Waals surface area contributed by atoms with Crippen LogP contribution < -0.4 is 5.43 Å². The first-order valence-corrected chi connectivity index (χ1v) is 6.35. The van der Waals surface area contributed by atoms with Gasteiger partial charge >= 0.3 is 0 Å². The fraction of sp³-hybridized carbons (Fsp3) is 0.0667. The lowest BCUT2D eigenvalue weighted by Gasteiger charge is -2.01. The molecule has 7 heteroatoms. The summed E-state index contributed by atoms with van der Waals surface area (Å²) in [4.78, 5) is 21.9. The molecular formula is C15H13N3O4. The molecule has 1 amide bonds. The van der Waals surface area contributed by atoms with Crippen molar-refractivity contribution in [3.05, 3.63) is 69.3 Å². The highest BCUT2D eigenvalue weighted by Gasteiger charge is 2.09. The second kappa shape index (κ2) is 6.49. The molecule has 0 aliphatic heterocycles. The van der Waals surface area contributed by atoms with Crippen LogP contribution in [0.5, 0.6) is 5.75 Å². The van der Waals surface area contributed by atoms with Gasteiger partial charge in [-0.25, -0.2) is 5.43 Å². The number of nitro benzene ring substituents is 1. The Bertz CT molecular complexity index is 739. The van der Waals surface area contributed by atoms with E-state index in [0.29, 0.717) is 5.56 Å². The zero-order valence-electron chi connectivity index (χ0n) is 11.7. The lowest BCUT2D eigenvalue weighted by atomic mass is 10.1. The molecule has 2 N–H and O–H groups in total. The third kappa shape index (κ3) is 3.66. The second-order valence-corrected chi connectivity index (χ2v) is 4.57. The molecule has 0 saturated carbocycles. The third-order valence-electron chi connectivity index (χ3n) is 2.91. The molecule has 0 fully saturated rings. The fourth-order valence-electron chi connectivity index (χ4n) is 1.69. The number of aryl methyl sites for hydroxylation is 1. The van der Waals surface area contributed by atoms with E-state index in [1.165, 1.54) is 12.1 Å². The number of aromatic hydroxyl groups is 1. The van der Waals surface area contributed by atoms with Gasteiger partial charge in [0.2, 0.25) is 0 Å². The Morgan fingerprint density at radius 1 is 1.27 bits per heavy atom. The number of hydrogen-bond acceptors (Lipinski definition) is 5. The maximum atomic E-state index is 11.8. The molecule has 0 bridgehead atoms. The highest BCUT2D eigenvalue weighted by Crippen LogP contribution is 2.21. The molecule has 0 atom stereocenters. The van der Waals surface area contributed by atoms with E-state index in [2.05, 4.69) is 10.5 Å². The van der Waals surface area contributed by atoms with Crippen LogP contribution in [0.2, 0.25) is 0 Å². The monoisotopic (exact) mass is 299 g/mol. The SMILES string of the molecule is Cc1ccc(C(=O)N/N=C\c2cc([N+](=O)[O-])ccc2O)cc1. The van der Waals surface area contributed by atoms with Crippen molar-refractivity contribution >= 4 is 17.8 Å². The largest absolute Gasteiger partial charge is 0.507 e. The van der Waals surface area contributed by atoms with Crippen LogP contribution in [0.25, 0.3) is 0 Å². The first-order valence-electron chi connectivity index (χ1n) is 6.35. The van der Waals surface area contributed by atoms with Crippen LogP contribution in [0.4, 0.5) is 5.69 Å². The molecule has 0 radical (unpaired) electrons. The molecule has 0 aromatic heterocycles. The van der Waals surface area contributed by atoms with Gasteiger partial charge in [-0.3, -0.25) is 14.9 Å². The predicted octanol–water partition coefficient (Wildman–Crippen LogP) is 2.37. The average Bonchev–Trinajstić information content (AvgIpc) is 2.49. The van der Waals surface area contributed by atoms with Crippen molar-refractivity contribution in [2.75, 3.05) is 0 Å². The summed E-state index contributed by atoms with van der Waals surface area (Å²) in [6.07, 6.45) is 1.15. The number of amides is 1. The number of phenolic OH excluding ortho intramolecular Hbond substituents is 1. The number of carbonyl (C=O) groups is 1. The normalized spacial score (nSPS) is 10.6. The predicted molar refractivity (Wildman–Crippen MR) is 81.0 cm³/mol. The summed E-state index contributed by atoms with van der Waals surface area (Å²) >= 11 is 0. The van der Waals surface area contributed by atoms with E-state index in [-0.39, 0.29) is 17.0 Å². The Morgan fingerprint density at radius 3 is 2.59 bits per heavy atom. The number of nitrogens with zero attached hydrogens (tertiary/aromatic N) is 2. The Kier molecular flexibility index (Phi) is 4.47. The van der Waals surface area contributed by atoms with Crippen molar-refractivity contribution in [3.8, 4) is 5.75 Å². The molecule has 0 heterocycles. The zero-order chi connectivity index (χ0) is 16.1. The molecule has 0 spiro atoms. The third-order valence-corrected chi connectivity index (χ3v) is 2.91. The van der Waals surface area contributed by atoms with Crippen molar-refractivity contribution in [1.82, 2.24) is 5.43 Å². The van der Waals surface area contributed by atoms with Crippen molar-refractivity contribution in [3.63, 3.8) is 0 Å². The second-order valence-electron chi connectivity index (χ2n) is 4.57. The van der Waals surface area contributed by atoms with Crippen LogP contribution in [-0.2, 0) is 0 Å².